The van der Waals surface area contributed by atoms with Gasteiger partial charge in [-0.3, -0.25) is 4.79 Å². The maximum Gasteiger partial charge on any atom is 0.416 e. The summed E-state index contributed by atoms with van der Waals surface area (Å²) in [4.78, 5) is 14.0. The number of ether oxygens (including phenoxy) is 1. The van der Waals surface area contributed by atoms with Crippen LogP contribution in [0.4, 0.5) is 30.7 Å². The van der Waals surface area contributed by atoms with Crippen LogP contribution in [0.15, 0.2) is 42.5 Å². The lowest BCUT2D eigenvalue weighted by molar-refractivity contribution is -0.143. The Bertz CT molecular complexity index is 1050. The molecule has 1 N–H and O–H groups in total. The number of fused-ring (bicyclic) bond motifs is 1. The lowest BCUT2D eigenvalue weighted by Crippen LogP contribution is -2.45. The number of benzene rings is 2. The highest BCUT2D eigenvalue weighted by Gasteiger charge is 2.49. The molecular weight excluding hydrogens is 483 g/mol. The van der Waals surface area contributed by atoms with E-state index in [9.17, 15) is 40.6 Å². The van der Waals surface area contributed by atoms with Crippen molar-refractivity contribution < 1.29 is 45.4 Å². The summed E-state index contributed by atoms with van der Waals surface area (Å²) in [5.41, 5.74) is -2.63. The van der Waals surface area contributed by atoms with E-state index in [1.165, 1.54) is 36.1 Å². The van der Waals surface area contributed by atoms with E-state index in [2.05, 4.69) is 0 Å². The fourth-order valence-electron chi connectivity index (χ4n) is 4.93. The Hall–Kier alpha value is -2.66. The van der Waals surface area contributed by atoms with Gasteiger partial charge < -0.3 is 14.7 Å². The molecule has 11 heteroatoms. The maximum atomic E-state index is 13.5. The maximum absolute atomic E-state index is 13.5. The molecule has 2 aliphatic rings. The molecule has 35 heavy (non-hydrogen) atoms. The summed E-state index contributed by atoms with van der Waals surface area (Å²) >= 11 is 0. The minimum Gasteiger partial charge on any atom is -0.393 e. The molecule has 2 fully saturated rings. The number of amides is 1. The number of carbonyl (C=O) groups is 1. The van der Waals surface area contributed by atoms with Crippen molar-refractivity contribution in [1.82, 2.24) is 4.90 Å². The van der Waals surface area contributed by atoms with E-state index in [4.69, 9.17) is 4.74 Å². The molecule has 4 rings (SSSR count). The van der Waals surface area contributed by atoms with Crippen LogP contribution in [-0.2, 0) is 21.9 Å². The Morgan fingerprint density at radius 3 is 2.11 bits per heavy atom. The number of alkyl halides is 6. The first-order chi connectivity index (χ1) is 16.2. The highest BCUT2D eigenvalue weighted by Crippen LogP contribution is 2.43. The van der Waals surface area contributed by atoms with Crippen molar-refractivity contribution in [3.63, 3.8) is 0 Å². The molecule has 2 aromatic carbocycles. The number of nitrogens with zero attached hydrogens (tertiary/aromatic N) is 1. The average Bonchev–Trinajstić information content (AvgIpc) is 3.11. The number of aliphatic hydroxyl groups is 1. The summed E-state index contributed by atoms with van der Waals surface area (Å²) in [6, 6.07) is 6.16. The molecule has 0 aromatic heterocycles. The molecule has 2 saturated heterocycles. The van der Waals surface area contributed by atoms with Crippen molar-refractivity contribution in [2.24, 2.45) is 0 Å². The SMILES string of the molecule is C[C@@H](O[C@H]1CN2C(=O)CC(O)CC2C1c1ccc(F)cc1)c1cc(C(F)(F)F)cc(C(F)(F)F)c1. The third kappa shape index (κ3) is 5.30. The molecule has 1 amide bonds. The minimum atomic E-state index is -5.00. The van der Waals surface area contributed by atoms with Crippen molar-refractivity contribution in [1.29, 1.82) is 0 Å². The first-order valence-corrected chi connectivity index (χ1v) is 10.9. The number of rotatable bonds is 4. The molecule has 2 aliphatic heterocycles. The van der Waals surface area contributed by atoms with Crippen LogP contribution in [0.3, 0.4) is 0 Å². The Labute approximate surface area is 196 Å². The first-order valence-electron chi connectivity index (χ1n) is 10.9. The van der Waals surface area contributed by atoms with Crippen molar-refractivity contribution in [3.8, 4) is 0 Å². The fraction of sp³-hybridized carbons (Fsp3) is 0.458. The monoisotopic (exact) mass is 505 g/mol. The van der Waals surface area contributed by atoms with Gasteiger partial charge in [0.05, 0.1) is 35.9 Å². The minimum absolute atomic E-state index is 0.0354. The van der Waals surface area contributed by atoms with Crippen LogP contribution in [0.1, 0.15) is 54.0 Å². The standard InChI is InChI=1S/C24H22F7NO3/c1-12(14-6-15(23(26,27)28)8-16(7-14)24(29,30)31)35-20-11-32-19(9-18(33)10-21(32)34)22(20)13-2-4-17(25)5-3-13/h2-8,12,18-20,22,33H,9-11H2,1H3/t12-,18?,19?,20+,22?/m1/s1. The van der Waals surface area contributed by atoms with Gasteiger partial charge in [-0.2, -0.15) is 26.3 Å². The Kier molecular flexibility index (Phi) is 6.60. The van der Waals surface area contributed by atoms with Crippen molar-refractivity contribution in [2.45, 2.75) is 62.4 Å². The molecule has 5 atom stereocenters. The van der Waals surface area contributed by atoms with E-state index in [0.717, 1.165) is 0 Å². The molecule has 0 spiro atoms. The normalized spacial score (nSPS) is 26.1. The molecule has 2 aromatic rings. The number of hydrogen-bond acceptors (Lipinski definition) is 3. The summed E-state index contributed by atoms with van der Waals surface area (Å²) in [6.45, 7) is 1.37. The highest BCUT2D eigenvalue weighted by atomic mass is 19.4. The van der Waals surface area contributed by atoms with Gasteiger partial charge in [0, 0.05) is 18.5 Å². The van der Waals surface area contributed by atoms with Gasteiger partial charge in [-0.05, 0) is 54.8 Å². The van der Waals surface area contributed by atoms with Gasteiger partial charge in [0.25, 0.3) is 0 Å². The second-order valence-corrected chi connectivity index (χ2v) is 8.94. The summed E-state index contributed by atoms with van der Waals surface area (Å²) in [5, 5.41) is 10.1. The Morgan fingerprint density at radius 2 is 1.57 bits per heavy atom. The molecular formula is C24H22F7NO3. The van der Waals surface area contributed by atoms with E-state index in [0.29, 0.717) is 17.7 Å². The van der Waals surface area contributed by atoms with Gasteiger partial charge in [-0.1, -0.05) is 12.1 Å². The van der Waals surface area contributed by atoms with Gasteiger partial charge in [0.15, 0.2) is 0 Å². The van der Waals surface area contributed by atoms with Crippen LogP contribution in [-0.4, -0.2) is 40.7 Å². The molecule has 4 nitrogen and oxygen atoms in total. The van der Waals surface area contributed by atoms with E-state index in [-0.39, 0.29) is 36.9 Å². The largest absolute Gasteiger partial charge is 0.416 e. The zero-order chi connectivity index (χ0) is 25.7. The lowest BCUT2D eigenvalue weighted by atomic mass is 9.85. The molecule has 2 heterocycles. The zero-order valence-corrected chi connectivity index (χ0v) is 18.4. The van der Waals surface area contributed by atoms with Crippen LogP contribution in [0.5, 0.6) is 0 Å². The smallest absolute Gasteiger partial charge is 0.393 e. The number of halogens is 7. The van der Waals surface area contributed by atoms with Gasteiger partial charge in [0.2, 0.25) is 5.91 Å². The predicted molar refractivity (Wildman–Crippen MR) is 110 cm³/mol. The summed E-state index contributed by atoms with van der Waals surface area (Å²) in [5.74, 6) is -1.40. The van der Waals surface area contributed by atoms with Crippen LogP contribution in [0.2, 0.25) is 0 Å². The second kappa shape index (κ2) is 9.09. The molecule has 3 unspecified atom stereocenters. The third-order valence-electron chi connectivity index (χ3n) is 6.55. The van der Waals surface area contributed by atoms with Crippen LogP contribution >= 0.6 is 0 Å². The average molecular weight is 505 g/mol. The lowest BCUT2D eigenvalue weighted by Gasteiger charge is -2.35. The summed E-state index contributed by atoms with van der Waals surface area (Å²) in [6.07, 6.45) is -12.8. The second-order valence-electron chi connectivity index (χ2n) is 8.94. The zero-order valence-electron chi connectivity index (χ0n) is 18.4. The van der Waals surface area contributed by atoms with E-state index in [1.54, 1.807) is 0 Å². The first kappa shape index (κ1) is 25.4. The quantitative estimate of drug-likeness (QED) is 0.562. The summed E-state index contributed by atoms with van der Waals surface area (Å²) < 4.78 is 99.3. The van der Waals surface area contributed by atoms with Gasteiger partial charge in [-0.25, -0.2) is 4.39 Å². The topological polar surface area (TPSA) is 49.8 Å². The molecule has 0 bridgehead atoms. The van der Waals surface area contributed by atoms with E-state index in [1.807, 2.05) is 0 Å². The predicted octanol–water partition coefficient (Wildman–Crippen LogP) is 5.46. The Balaban J connectivity index is 1.68. The van der Waals surface area contributed by atoms with Crippen LogP contribution < -0.4 is 0 Å². The van der Waals surface area contributed by atoms with E-state index < -0.39 is 59.6 Å². The van der Waals surface area contributed by atoms with E-state index >= 15 is 0 Å². The van der Waals surface area contributed by atoms with Crippen LogP contribution in [0, 0.1) is 5.82 Å². The van der Waals surface area contributed by atoms with Gasteiger partial charge in [-0.15, -0.1) is 0 Å². The van der Waals surface area contributed by atoms with Gasteiger partial charge >= 0.3 is 12.4 Å². The number of carbonyl (C=O) groups excluding carboxylic acids is 1. The molecule has 0 saturated carbocycles. The molecule has 0 aliphatic carbocycles. The Morgan fingerprint density at radius 1 is 1.00 bits per heavy atom. The third-order valence-corrected chi connectivity index (χ3v) is 6.55. The highest BCUT2D eigenvalue weighted by molar-refractivity contribution is 5.78. The molecule has 0 radical (unpaired) electrons. The van der Waals surface area contributed by atoms with Crippen molar-refractivity contribution in [3.05, 3.63) is 70.5 Å². The number of piperidine rings is 1. The van der Waals surface area contributed by atoms with Crippen molar-refractivity contribution >= 4 is 5.91 Å². The number of hydrogen-bond donors (Lipinski definition) is 1. The molecule has 190 valence electrons. The fourth-order valence-corrected chi connectivity index (χ4v) is 4.93. The summed E-state index contributed by atoms with van der Waals surface area (Å²) in [7, 11) is 0. The number of aliphatic hydroxyl groups excluding tert-OH is 1. The van der Waals surface area contributed by atoms with Crippen molar-refractivity contribution in [2.75, 3.05) is 6.54 Å². The van der Waals surface area contributed by atoms with Gasteiger partial charge in [0.1, 0.15) is 5.82 Å². The van der Waals surface area contributed by atoms with Crippen LogP contribution in [0.25, 0.3) is 0 Å².